The predicted octanol–water partition coefficient (Wildman–Crippen LogP) is 4.59. The highest BCUT2D eigenvalue weighted by Gasteiger charge is 2.28. The number of rotatable bonds is 8. The molecule has 0 saturated carbocycles. The van der Waals surface area contributed by atoms with Gasteiger partial charge in [-0.2, -0.15) is 5.26 Å². The van der Waals surface area contributed by atoms with Gasteiger partial charge in [0, 0.05) is 28.8 Å². The number of carboxylic acids is 1. The second kappa shape index (κ2) is 9.86. The maximum atomic E-state index is 11.0. The molecule has 164 valence electrons. The van der Waals surface area contributed by atoms with E-state index < -0.39 is 5.97 Å². The van der Waals surface area contributed by atoms with Gasteiger partial charge in [0.25, 0.3) is 0 Å². The molecule has 0 amide bonds. The third-order valence-corrected chi connectivity index (χ3v) is 7.04. The number of anilines is 2. The van der Waals surface area contributed by atoms with Gasteiger partial charge in [0.05, 0.1) is 35.4 Å². The minimum atomic E-state index is -0.804. The van der Waals surface area contributed by atoms with Crippen molar-refractivity contribution in [3.8, 4) is 6.07 Å². The summed E-state index contributed by atoms with van der Waals surface area (Å²) in [7, 11) is 0. The van der Waals surface area contributed by atoms with Gasteiger partial charge in [-0.1, -0.05) is 43.3 Å². The lowest BCUT2D eigenvalue weighted by Gasteiger charge is -2.36. The molecule has 3 atom stereocenters. The van der Waals surface area contributed by atoms with Crippen molar-refractivity contribution >= 4 is 28.7 Å². The van der Waals surface area contributed by atoms with Gasteiger partial charge < -0.3 is 21.1 Å². The molecule has 6 nitrogen and oxygen atoms in total. The maximum absolute atomic E-state index is 11.0. The predicted molar refractivity (Wildman–Crippen MR) is 128 cm³/mol. The molecule has 0 bridgehead atoms. The van der Waals surface area contributed by atoms with Crippen molar-refractivity contribution in [3.63, 3.8) is 0 Å². The first-order valence-corrected chi connectivity index (χ1v) is 11.5. The van der Waals surface area contributed by atoms with E-state index in [1.54, 1.807) is 11.3 Å². The third-order valence-electron chi connectivity index (χ3n) is 5.73. The highest BCUT2D eigenvalue weighted by atomic mass is 32.1. The molecule has 4 rings (SSSR count). The fourth-order valence-corrected chi connectivity index (χ4v) is 5.12. The molecule has 0 unspecified atom stereocenters. The molecule has 0 saturated heterocycles. The van der Waals surface area contributed by atoms with Crippen LogP contribution in [0.25, 0.3) is 0 Å². The molecule has 2 aromatic carbocycles. The van der Waals surface area contributed by atoms with Gasteiger partial charge in [0.15, 0.2) is 0 Å². The molecule has 32 heavy (non-hydrogen) atoms. The van der Waals surface area contributed by atoms with Crippen LogP contribution in [0.15, 0.2) is 60.7 Å². The Labute approximate surface area is 191 Å². The molecule has 1 aliphatic rings. The molecule has 0 spiro atoms. The Hall–Kier alpha value is -3.34. The molecular formula is C25H26N4O2S. The normalized spacial score (nSPS) is 16.7. The van der Waals surface area contributed by atoms with Crippen molar-refractivity contribution in [3.05, 3.63) is 81.5 Å². The highest BCUT2D eigenvalue weighted by Crippen LogP contribution is 2.33. The number of hydrogen-bond donors (Lipinski definition) is 4. The molecule has 1 aliphatic heterocycles. The number of nitrogens with one attached hydrogen (secondary N) is 3. The number of nitriles is 1. The Balaban J connectivity index is 1.51. The number of hydrogen-bond acceptors (Lipinski definition) is 6. The van der Waals surface area contributed by atoms with E-state index in [0.29, 0.717) is 5.56 Å². The number of nitrogens with zero attached hydrogens (tertiary/aromatic N) is 1. The summed E-state index contributed by atoms with van der Waals surface area (Å²) < 4.78 is 0. The van der Waals surface area contributed by atoms with E-state index in [2.05, 4.69) is 41.1 Å². The van der Waals surface area contributed by atoms with Crippen LogP contribution in [0.2, 0.25) is 0 Å². The quantitative estimate of drug-likeness (QED) is 0.404. The summed E-state index contributed by atoms with van der Waals surface area (Å²) in [4.78, 5) is 13.0. The minimum Gasteiger partial charge on any atom is -0.481 e. The van der Waals surface area contributed by atoms with Gasteiger partial charge in [0.1, 0.15) is 6.07 Å². The largest absolute Gasteiger partial charge is 0.481 e. The molecule has 2 heterocycles. The average molecular weight is 447 g/mol. The van der Waals surface area contributed by atoms with Gasteiger partial charge in [-0.05, 0) is 29.8 Å². The lowest BCUT2D eigenvalue weighted by molar-refractivity contribution is -0.136. The average Bonchev–Trinajstić information content (AvgIpc) is 3.27. The van der Waals surface area contributed by atoms with Crippen molar-refractivity contribution in [2.75, 3.05) is 23.7 Å². The second-order valence-corrected chi connectivity index (χ2v) is 9.24. The van der Waals surface area contributed by atoms with Gasteiger partial charge >= 0.3 is 5.97 Å². The van der Waals surface area contributed by atoms with Gasteiger partial charge in [0.2, 0.25) is 0 Å². The monoisotopic (exact) mass is 446 g/mol. The first-order chi connectivity index (χ1) is 15.5. The number of para-hydroxylation sites is 1. The lowest BCUT2D eigenvalue weighted by Crippen LogP contribution is -2.45. The van der Waals surface area contributed by atoms with Crippen molar-refractivity contribution in [1.29, 1.82) is 5.26 Å². The van der Waals surface area contributed by atoms with Crippen LogP contribution >= 0.6 is 11.3 Å². The molecular weight excluding hydrogens is 420 g/mol. The zero-order valence-electron chi connectivity index (χ0n) is 17.8. The van der Waals surface area contributed by atoms with Crippen LogP contribution < -0.4 is 16.0 Å². The van der Waals surface area contributed by atoms with Crippen LogP contribution in [0, 0.1) is 11.3 Å². The molecule has 7 heteroatoms. The standard InChI is InChI=1S/C25H26N4O2S/c1-16(22-11-10-19(32-22)12-23(30)31)14-28-24(17-6-3-2-4-7-17)21-15-27-20-9-5-8-18(13-26)25(20)29-21/h2-11,16,21,24,27-29H,12,14-15H2,1H3,(H,30,31)/t16-,21-,24-/m1/s1. The Morgan fingerprint density at radius 2 is 2.03 bits per heavy atom. The number of carboxylic acid groups (broad SMARTS) is 1. The van der Waals surface area contributed by atoms with Crippen molar-refractivity contribution < 1.29 is 9.90 Å². The zero-order valence-corrected chi connectivity index (χ0v) is 18.7. The van der Waals surface area contributed by atoms with E-state index >= 15 is 0 Å². The molecule has 0 radical (unpaired) electrons. The van der Waals surface area contributed by atoms with E-state index in [-0.39, 0.29) is 24.4 Å². The Bertz CT molecular complexity index is 1120. The van der Waals surface area contributed by atoms with Crippen LogP contribution in [-0.4, -0.2) is 30.2 Å². The highest BCUT2D eigenvalue weighted by molar-refractivity contribution is 7.12. The number of fused-ring (bicyclic) bond motifs is 1. The maximum Gasteiger partial charge on any atom is 0.308 e. The van der Waals surface area contributed by atoms with Crippen LogP contribution in [0.3, 0.4) is 0 Å². The second-order valence-electron chi connectivity index (χ2n) is 8.04. The summed E-state index contributed by atoms with van der Waals surface area (Å²) in [6.45, 7) is 3.63. The first kappa shape index (κ1) is 21.9. The van der Waals surface area contributed by atoms with E-state index in [4.69, 9.17) is 5.11 Å². The lowest BCUT2D eigenvalue weighted by atomic mass is 9.95. The smallest absolute Gasteiger partial charge is 0.308 e. The van der Waals surface area contributed by atoms with E-state index in [1.165, 1.54) is 10.4 Å². The summed E-state index contributed by atoms with van der Waals surface area (Å²) in [5, 5.41) is 29.3. The van der Waals surface area contributed by atoms with Crippen molar-refractivity contribution in [1.82, 2.24) is 5.32 Å². The first-order valence-electron chi connectivity index (χ1n) is 10.7. The number of thiophene rings is 1. The van der Waals surface area contributed by atoms with E-state index in [0.717, 1.165) is 29.3 Å². The summed E-state index contributed by atoms with van der Waals surface area (Å²) in [6.07, 6.45) is 0.0652. The zero-order chi connectivity index (χ0) is 22.5. The molecule has 4 N–H and O–H groups in total. The number of benzene rings is 2. The molecule has 1 aromatic heterocycles. The van der Waals surface area contributed by atoms with Crippen molar-refractivity contribution in [2.45, 2.75) is 31.3 Å². The van der Waals surface area contributed by atoms with Crippen molar-refractivity contribution in [2.24, 2.45) is 0 Å². The number of aliphatic carboxylic acids is 1. The Morgan fingerprint density at radius 1 is 1.22 bits per heavy atom. The molecule has 3 aromatic rings. The third kappa shape index (κ3) is 4.93. The van der Waals surface area contributed by atoms with Gasteiger partial charge in [-0.3, -0.25) is 4.79 Å². The minimum absolute atomic E-state index is 0.0319. The van der Waals surface area contributed by atoms with Crippen LogP contribution in [-0.2, 0) is 11.2 Å². The van der Waals surface area contributed by atoms with E-state index in [9.17, 15) is 10.1 Å². The Kier molecular flexibility index (Phi) is 6.74. The molecule has 0 fully saturated rings. The van der Waals surface area contributed by atoms with E-state index in [1.807, 2.05) is 48.5 Å². The summed E-state index contributed by atoms with van der Waals surface area (Å²) >= 11 is 1.56. The SMILES string of the molecule is C[C@H](CN[C@H](c1ccccc1)[C@H]1CNc2cccc(C#N)c2N1)c1ccc(CC(=O)O)s1. The van der Waals surface area contributed by atoms with Gasteiger partial charge in [-0.25, -0.2) is 0 Å². The van der Waals surface area contributed by atoms with Crippen LogP contribution in [0.1, 0.15) is 39.8 Å². The van der Waals surface area contributed by atoms with Crippen LogP contribution in [0.4, 0.5) is 11.4 Å². The molecule has 0 aliphatic carbocycles. The Morgan fingerprint density at radius 3 is 2.78 bits per heavy atom. The fourth-order valence-electron chi connectivity index (χ4n) is 4.07. The number of carbonyl (C=O) groups is 1. The summed E-state index contributed by atoms with van der Waals surface area (Å²) in [5.41, 5.74) is 3.60. The topological polar surface area (TPSA) is 97.2 Å². The summed E-state index contributed by atoms with van der Waals surface area (Å²) in [5.74, 6) is -0.562. The van der Waals surface area contributed by atoms with Crippen LogP contribution in [0.5, 0.6) is 0 Å². The van der Waals surface area contributed by atoms with Gasteiger partial charge in [-0.15, -0.1) is 11.3 Å². The summed E-state index contributed by atoms with van der Waals surface area (Å²) in [6, 6.07) is 22.3. The fraction of sp³-hybridized carbons (Fsp3) is 0.280.